The van der Waals surface area contributed by atoms with Crippen LogP contribution in [-0.2, 0) is 21.4 Å². The van der Waals surface area contributed by atoms with Crippen LogP contribution < -0.4 is 10.6 Å². The maximum Gasteiger partial charge on any atom is 0.416 e. The first-order valence-corrected chi connectivity index (χ1v) is 11.5. The summed E-state index contributed by atoms with van der Waals surface area (Å²) in [6.45, 7) is 3.39. The minimum absolute atomic E-state index is 0.0909. The van der Waals surface area contributed by atoms with Crippen molar-refractivity contribution in [3.8, 4) is 0 Å². The van der Waals surface area contributed by atoms with E-state index in [1.165, 1.54) is 18.4 Å². The van der Waals surface area contributed by atoms with Crippen molar-refractivity contribution in [2.24, 2.45) is 4.99 Å². The van der Waals surface area contributed by atoms with Gasteiger partial charge in [-0.1, -0.05) is 24.6 Å². The lowest BCUT2D eigenvalue weighted by Gasteiger charge is -2.41. The summed E-state index contributed by atoms with van der Waals surface area (Å²) in [5, 5.41) is 6.19. The topological polar surface area (TPSA) is 70.6 Å². The van der Waals surface area contributed by atoms with Crippen molar-refractivity contribution in [2.75, 3.05) is 31.6 Å². The highest BCUT2D eigenvalue weighted by molar-refractivity contribution is 7.90. The number of sulfone groups is 1. The van der Waals surface area contributed by atoms with E-state index in [0.717, 1.165) is 25.3 Å². The summed E-state index contributed by atoms with van der Waals surface area (Å²) in [5.41, 5.74) is -0.340. The average Bonchev–Trinajstić information content (AvgIpc) is 2.56. The summed E-state index contributed by atoms with van der Waals surface area (Å²) < 4.78 is 61.6. The highest BCUT2D eigenvalue weighted by Gasteiger charge is 2.40. The Morgan fingerprint density at radius 3 is 2.50 bits per heavy atom. The first-order valence-electron chi connectivity index (χ1n) is 9.43. The lowest BCUT2D eigenvalue weighted by atomic mass is 9.64. The van der Waals surface area contributed by atoms with Gasteiger partial charge in [0.1, 0.15) is 9.84 Å². The van der Waals surface area contributed by atoms with Gasteiger partial charge in [-0.05, 0) is 37.8 Å². The molecule has 0 unspecified atom stereocenters. The predicted molar refractivity (Wildman–Crippen MR) is 105 cm³/mol. The van der Waals surface area contributed by atoms with E-state index in [9.17, 15) is 21.6 Å². The molecule has 1 aliphatic carbocycles. The van der Waals surface area contributed by atoms with Crippen molar-refractivity contribution in [2.45, 2.75) is 44.2 Å². The third-order valence-corrected chi connectivity index (χ3v) is 6.01. The van der Waals surface area contributed by atoms with Crippen LogP contribution in [0.3, 0.4) is 0 Å². The number of halogens is 3. The molecule has 0 amide bonds. The third-order valence-electron chi connectivity index (χ3n) is 4.98. The zero-order valence-corrected chi connectivity index (χ0v) is 17.1. The molecule has 2 N–H and O–H groups in total. The van der Waals surface area contributed by atoms with Crippen LogP contribution >= 0.6 is 0 Å². The van der Waals surface area contributed by atoms with Crippen LogP contribution in [0.15, 0.2) is 29.3 Å². The number of nitrogens with one attached hydrogen (secondary N) is 2. The van der Waals surface area contributed by atoms with E-state index in [-0.39, 0.29) is 11.2 Å². The molecule has 0 radical (unpaired) electrons. The van der Waals surface area contributed by atoms with Crippen LogP contribution in [0.1, 0.15) is 43.7 Å². The van der Waals surface area contributed by atoms with Gasteiger partial charge in [0.2, 0.25) is 0 Å². The number of nitrogens with zero attached hydrogens (tertiary/aromatic N) is 1. The minimum Gasteiger partial charge on any atom is -0.357 e. The Labute approximate surface area is 164 Å². The molecule has 0 aliphatic heterocycles. The van der Waals surface area contributed by atoms with Gasteiger partial charge in [0, 0.05) is 24.8 Å². The molecular formula is C19H28F3N3O2S. The largest absolute Gasteiger partial charge is 0.416 e. The average molecular weight is 420 g/mol. The second-order valence-electron chi connectivity index (χ2n) is 7.32. The smallest absolute Gasteiger partial charge is 0.357 e. The molecule has 1 aromatic rings. The molecule has 0 spiro atoms. The molecule has 9 heteroatoms. The molecule has 1 saturated carbocycles. The van der Waals surface area contributed by atoms with Crippen molar-refractivity contribution < 1.29 is 21.6 Å². The van der Waals surface area contributed by atoms with Crippen molar-refractivity contribution in [3.63, 3.8) is 0 Å². The van der Waals surface area contributed by atoms with Gasteiger partial charge in [0.05, 0.1) is 17.9 Å². The molecule has 28 heavy (non-hydrogen) atoms. The van der Waals surface area contributed by atoms with Gasteiger partial charge in [-0.2, -0.15) is 13.2 Å². The number of hydrogen-bond donors (Lipinski definition) is 2. The molecule has 0 aromatic heterocycles. The number of alkyl halides is 3. The highest BCUT2D eigenvalue weighted by Crippen LogP contribution is 2.45. The maximum absolute atomic E-state index is 13.1. The fourth-order valence-corrected chi connectivity index (χ4v) is 3.95. The van der Waals surface area contributed by atoms with Crippen molar-refractivity contribution >= 4 is 15.8 Å². The third kappa shape index (κ3) is 6.39. The van der Waals surface area contributed by atoms with Gasteiger partial charge in [0.25, 0.3) is 0 Å². The van der Waals surface area contributed by atoms with E-state index in [2.05, 4.69) is 15.6 Å². The quantitative estimate of drug-likeness (QED) is 0.386. The van der Waals surface area contributed by atoms with E-state index in [4.69, 9.17) is 0 Å². The van der Waals surface area contributed by atoms with Gasteiger partial charge >= 0.3 is 6.18 Å². The van der Waals surface area contributed by atoms with E-state index < -0.39 is 21.6 Å². The Balaban J connectivity index is 2.08. The Morgan fingerprint density at radius 2 is 1.96 bits per heavy atom. The van der Waals surface area contributed by atoms with Crippen LogP contribution in [0.2, 0.25) is 0 Å². The normalized spacial score (nSPS) is 17.1. The molecular weight excluding hydrogens is 391 g/mol. The first kappa shape index (κ1) is 22.5. The lowest BCUT2D eigenvalue weighted by Crippen LogP contribution is -2.42. The van der Waals surface area contributed by atoms with E-state index in [1.807, 2.05) is 6.92 Å². The van der Waals surface area contributed by atoms with Gasteiger partial charge < -0.3 is 10.6 Å². The molecule has 1 fully saturated rings. The summed E-state index contributed by atoms with van der Waals surface area (Å²) >= 11 is 0. The molecule has 5 nitrogen and oxygen atoms in total. The second kappa shape index (κ2) is 9.15. The fourth-order valence-electron chi connectivity index (χ4n) is 3.28. The summed E-state index contributed by atoms with van der Waals surface area (Å²) in [6, 6.07) is 5.53. The summed E-state index contributed by atoms with van der Waals surface area (Å²) in [5.74, 6) is 0.641. The fraction of sp³-hybridized carbons (Fsp3) is 0.632. The zero-order chi connectivity index (χ0) is 20.8. The first-order chi connectivity index (χ1) is 13.1. The van der Waals surface area contributed by atoms with E-state index in [1.54, 1.807) is 6.07 Å². The van der Waals surface area contributed by atoms with Crippen molar-refractivity contribution in [1.82, 2.24) is 10.6 Å². The van der Waals surface area contributed by atoms with Crippen LogP contribution in [0, 0.1) is 0 Å². The summed E-state index contributed by atoms with van der Waals surface area (Å²) in [7, 11) is -3.01. The van der Waals surface area contributed by atoms with Crippen LogP contribution in [0.5, 0.6) is 0 Å². The van der Waals surface area contributed by atoms with E-state index >= 15 is 0 Å². The predicted octanol–water partition coefficient (Wildman–Crippen LogP) is 3.12. The Bertz CT molecular complexity index is 788. The Morgan fingerprint density at radius 1 is 1.25 bits per heavy atom. The molecule has 2 rings (SSSR count). The second-order valence-corrected chi connectivity index (χ2v) is 9.58. The van der Waals surface area contributed by atoms with Crippen LogP contribution in [0.4, 0.5) is 13.2 Å². The Hall–Kier alpha value is -1.77. The number of guanidine groups is 1. The van der Waals surface area contributed by atoms with Gasteiger partial charge in [0.15, 0.2) is 5.96 Å². The maximum atomic E-state index is 13.1. The molecule has 0 heterocycles. The van der Waals surface area contributed by atoms with E-state index in [0.29, 0.717) is 37.6 Å². The molecule has 158 valence electrons. The van der Waals surface area contributed by atoms with Gasteiger partial charge in [-0.15, -0.1) is 0 Å². The highest BCUT2D eigenvalue weighted by atomic mass is 32.2. The minimum atomic E-state index is -4.36. The zero-order valence-electron chi connectivity index (χ0n) is 16.3. The molecule has 1 aromatic carbocycles. The SMILES string of the molecule is CCNC(=NCC1(c2cccc(C(F)(F)F)c2)CCC1)NCCCS(C)(=O)=O. The number of rotatable bonds is 8. The Kier molecular flexibility index (Phi) is 7.36. The van der Waals surface area contributed by atoms with Crippen LogP contribution in [0.25, 0.3) is 0 Å². The number of aliphatic imine (C=N–C) groups is 1. The van der Waals surface area contributed by atoms with Crippen molar-refractivity contribution in [1.29, 1.82) is 0 Å². The molecule has 0 atom stereocenters. The van der Waals surface area contributed by atoms with Gasteiger partial charge in [-0.3, -0.25) is 4.99 Å². The van der Waals surface area contributed by atoms with Gasteiger partial charge in [-0.25, -0.2) is 8.42 Å². The molecule has 0 saturated heterocycles. The molecule has 0 bridgehead atoms. The standard InChI is InChI=1S/C19H28F3N3O2S/c1-3-23-17(24-11-6-12-28(2,26)27)25-14-18(9-5-10-18)15-7-4-8-16(13-15)19(20,21)22/h4,7-8,13H,3,5-6,9-12,14H2,1-2H3,(H2,23,24,25). The lowest BCUT2D eigenvalue weighted by molar-refractivity contribution is -0.137. The molecule has 1 aliphatic rings. The van der Waals surface area contributed by atoms with Crippen LogP contribution in [-0.4, -0.2) is 46.0 Å². The summed E-state index contributed by atoms with van der Waals surface area (Å²) in [4.78, 5) is 4.57. The van der Waals surface area contributed by atoms with Crippen molar-refractivity contribution in [3.05, 3.63) is 35.4 Å². The number of benzene rings is 1. The monoisotopic (exact) mass is 419 g/mol. The summed E-state index contributed by atoms with van der Waals surface area (Å²) in [6.07, 6.45) is -0.148. The number of hydrogen-bond acceptors (Lipinski definition) is 3.